The largest absolute Gasteiger partial charge is 0.393 e. The van der Waals surface area contributed by atoms with Gasteiger partial charge in [0, 0.05) is 12.5 Å². The fourth-order valence-electron chi connectivity index (χ4n) is 2.59. The zero-order chi connectivity index (χ0) is 13.9. The van der Waals surface area contributed by atoms with Crippen LogP contribution in [0.4, 0.5) is 11.5 Å². The van der Waals surface area contributed by atoms with Gasteiger partial charge in [0.15, 0.2) is 11.0 Å². The van der Waals surface area contributed by atoms with Crippen LogP contribution in [0.2, 0.25) is 5.15 Å². The molecule has 1 aromatic heterocycles. The predicted molar refractivity (Wildman–Crippen MR) is 83.1 cm³/mol. The Morgan fingerprint density at radius 3 is 2.85 bits per heavy atom. The molecule has 1 fully saturated rings. The first kappa shape index (κ1) is 13.7. The first-order valence-electron chi connectivity index (χ1n) is 7.48. The Labute approximate surface area is 124 Å². The number of allylic oxidation sites excluding steroid dienone is 1. The first-order valence-corrected chi connectivity index (χ1v) is 7.86. The van der Waals surface area contributed by atoms with Gasteiger partial charge in [-0.15, -0.1) is 0 Å². The molecule has 4 nitrogen and oxygen atoms in total. The standard InChI is InChI=1S/C15H21ClN4/c16-13-12(17)15(20-14(19-13)11-6-7-11)18-9-8-10-4-2-1-3-5-10/h4,11H,1-3,5-9,17H2,(H,18,19,20). The van der Waals surface area contributed by atoms with Crippen LogP contribution < -0.4 is 11.1 Å². The van der Waals surface area contributed by atoms with Gasteiger partial charge < -0.3 is 11.1 Å². The molecule has 3 N–H and O–H groups in total. The fourth-order valence-corrected chi connectivity index (χ4v) is 2.77. The molecule has 1 heterocycles. The van der Waals surface area contributed by atoms with Crippen molar-refractivity contribution in [2.45, 2.75) is 50.9 Å². The van der Waals surface area contributed by atoms with Gasteiger partial charge in [0.05, 0.1) is 0 Å². The first-order chi connectivity index (χ1) is 9.74. The van der Waals surface area contributed by atoms with Crippen LogP contribution in [-0.2, 0) is 0 Å². The minimum Gasteiger partial charge on any atom is -0.393 e. The maximum Gasteiger partial charge on any atom is 0.157 e. The molecular formula is C15H21ClN4. The number of hydrogen-bond donors (Lipinski definition) is 2. The molecule has 0 aliphatic heterocycles. The monoisotopic (exact) mass is 292 g/mol. The summed E-state index contributed by atoms with van der Waals surface area (Å²) in [6.07, 6.45) is 10.9. The van der Waals surface area contributed by atoms with E-state index in [9.17, 15) is 0 Å². The number of rotatable bonds is 5. The van der Waals surface area contributed by atoms with Crippen molar-refractivity contribution in [1.82, 2.24) is 9.97 Å². The molecule has 108 valence electrons. The topological polar surface area (TPSA) is 63.8 Å². The molecule has 2 aliphatic carbocycles. The summed E-state index contributed by atoms with van der Waals surface area (Å²) < 4.78 is 0. The van der Waals surface area contributed by atoms with Crippen LogP contribution in [0.5, 0.6) is 0 Å². The average molecular weight is 293 g/mol. The van der Waals surface area contributed by atoms with E-state index in [1.165, 1.54) is 25.7 Å². The van der Waals surface area contributed by atoms with Crippen LogP contribution in [-0.4, -0.2) is 16.5 Å². The lowest BCUT2D eigenvalue weighted by Crippen LogP contribution is -2.10. The van der Waals surface area contributed by atoms with E-state index >= 15 is 0 Å². The third-order valence-corrected chi connectivity index (χ3v) is 4.27. The third kappa shape index (κ3) is 3.23. The maximum atomic E-state index is 6.09. The molecule has 0 saturated heterocycles. The van der Waals surface area contributed by atoms with Gasteiger partial charge in [-0.2, -0.15) is 0 Å². The lowest BCUT2D eigenvalue weighted by Gasteiger charge is -2.14. The molecular weight excluding hydrogens is 272 g/mol. The molecule has 0 spiro atoms. The molecule has 0 aromatic carbocycles. The van der Waals surface area contributed by atoms with Gasteiger partial charge in [-0.1, -0.05) is 23.3 Å². The molecule has 0 atom stereocenters. The van der Waals surface area contributed by atoms with E-state index in [2.05, 4.69) is 21.4 Å². The van der Waals surface area contributed by atoms with Crippen LogP contribution in [0, 0.1) is 0 Å². The second-order valence-electron chi connectivity index (χ2n) is 5.69. The number of halogens is 1. The van der Waals surface area contributed by atoms with E-state index in [0.717, 1.165) is 31.6 Å². The molecule has 20 heavy (non-hydrogen) atoms. The van der Waals surface area contributed by atoms with E-state index in [-0.39, 0.29) is 0 Å². The summed E-state index contributed by atoms with van der Waals surface area (Å²) in [6, 6.07) is 0. The quantitative estimate of drug-likeness (QED) is 0.638. The summed E-state index contributed by atoms with van der Waals surface area (Å²) in [5.41, 5.74) is 7.97. The van der Waals surface area contributed by atoms with Crippen molar-refractivity contribution in [3.63, 3.8) is 0 Å². The Hall–Kier alpha value is -1.29. The molecule has 2 aliphatic rings. The number of nitrogen functional groups attached to an aromatic ring is 1. The summed E-state index contributed by atoms with van der Waals surface area (Å²) in [6.45, 7) is 0.855. The highest BCUT2D eigenvalue weighted by molar-refractivity contribution is 6.32. The van der Waals surface area contributed by atoms with Crippen molar-refractivity contribution in [1.29, 1.82) is 0 Å². The second kappa shape index (κ2) is 6.00. The van der Waals surface area contributed by atoms with Crippen molar-refractivity contribution in [2.75, 3.05) is 17.6 Å². The Balaban J connectivity index is 1.62. The van der Waals surface area contributed by atoms with E-state index in [4.69, 9.17) is 17.3 Å². The van der Waals surface area contributed by atoms with Gasteiger partial charge in [0.1, 0.15) is 11.5 Å². The van der Waals surface area contributed by atoms with Gasteiger partial charge in [-0.05, 0) is 44.9 Å². The second-order valence-corrected chi connectivity index (χ2v) is 6.05. The summed E-state index contributed by atoms with van der Waals surface area (Å²) in [5, 5.41) is 3.70. The number of aromatic nitrogens is 2. The summed E-state index contributed by atoms with van der Waals surface area (Å²) in [4.78, 5) is 8.80. The lowest BCUT2D eigenvalue weighted by atomic mass is 9.97. The number of nitrogens with one attached hydrogen (secondary N) is 1. The highest BCUT2D eigenvalue weighted by Crippen LogP contribution is 2.40. The van der Waals surface area contributed by atoms with E-state index < -0.39 is 0 Å². The Bertz CT molecular complexity index is 523. The van der Waals surface area contributed by atoms with Gasteiger partial charge in [-0.3, -0.25) is 0 Å². The molecule has 3 rings (SSSR count). The minimum atomic E-state index is 0.376. The summed E-state index contributed by atoms with van der Waals surface area (Å²) >= 11 is 6.09. The van der Waals surface area contributed by atoms with Crippen molar-refractivity contribution in [3.05, 3.63) is 22.6 Å². The summed E-state index contributed by atoms with van der Waals surface area (Å²) in [5.74, 6) is 2.02. The Morgan fingerprint density at radius 2 is 2.15 bits per heavy atom. The molecule has 0 unspecified atom stereocenters. The Morgan fingerprint density at radius 1 is 1.30 bits per heavy atom. The van der Waals surface area contributed by atoms with Gasteiger partial charge in [-0.25, -0.2) is 9.97 Å². The average Bonchev–Trinajstić information content (AvgIpc) is 3.29. The highest BCUT2D eigenvalue weighted by atomic mass is 35.5. The third-order valence-electron chi connectivity index (χ3n) is 3.98. The number of anilines is 2. The van der Waals surface area contributed by atoms with Crippen molar-refractivity contribution in [3.8, 4) is 0 Å². The Kier molecular flexibility index (Phi) is 4.10. The van der Waals surface area contributed by atoms with E-state index in [0.29, 0.717) is 22.6 Å². The normalized spacial score (nSPS) is 18.8. The van der Waals surface area contributed by atoms with Gasteiger partial charge >= 0.3 is 0 Å². The van der Waals surface area contributed by atoms with Gasteiger partial charge in [0.25, 0.3) is 0 Å². The summed E-state index contributed by atoms with van der Waals surface area (Å²) in [7, 11) is 0. The highest BCUT2D eigenvalue weighted by Gasteiger charge is 2.28. The molecule has 5 heteroatoms. The smallest absolute Gasteiger partial charge is 0.157 e. The molecule has 1 saturated carbocycles. The zero-order valence-electron chi connectivity index (χ0n) is 11.7. The molecule has 0 amide bonds. The fraction of sp³-hybridized carbons (Fsp3) is 0.600. The predicted octanol–water partition coefficient (Wildman–Crippen LogP) is 3.89. The number of nitrogens with two attached hydrogens (primary N) is 1. The van der Waals surface area contributed by atoms with Crippen LogP contribution in [0.1, 0.15) is 56.7 Å². The van der Waals surface area contributed by atoms with E-state index in [1.54, 1.807) is 5.57 Å². The van der Waals surface area contributed by atoms with Crippen LogP contribution >= 0.6 is 11.6 Å². The van der Waals surface area contributed by atoms with Crippen LogP contribution in [0.15, 0.2) is 11.6 Å². The van der Waals surface area contributed by atoms with Crippen LogP contribution in [0.3, 0.4) is 0 Å². The van der Waals surface area contributed by atoms with E-state index in [1.807, 2.05) is 0 Å². The minimum absolute atomic E-state index is 0.376. The number of nitrogens with zero attached hydrogens (tertiary/aromatic N) is 2. The molecule has 1 aromatic rings. The maximum absolute atomic E-state index is 6.09. The van der Waals surface area contributed by atoms with Crippen molar-refractivity contribution >= 4 is 23.1 Å². The van der Waals surface area contributed by atoms with Crippen molar-refractivity contribution in [2.24, 2.45) is 0 Å². The molecule has 0 bridgehead atoms. The lowest BCUT2D eigenvalue weighted by molar-refractivity contribution is 0.679. The zero-order valence-corrected chi connectivity index (χ0v) is 12.4. The van der Waals surface area contributed by atoms with Crippen molar-refractivity contribution < 1.29 is 0 Å². The molecule has 0 radical (unpaired) electrons. The van der Waals surface area contributed by atoms with Gasteiger partial charge in [0.2, 0.25) is 0 Å². The SMILES string of the molecule is Nc1c(Cl)nc(C2CC2)nc1NCCC1=CCCCC1. The van der Waals surface area contributed by atoms with Crippen LogP contribution in [0.25, 0.3) is 0 Å². The number of hydrogen-bond acceptors (Lipinski definition) is 4.